The van der Waals surface area contributed by atoms with Gasteiger partial charge in [0, 0.05) is 0 Å². The molecular weight excluding hydrogens is 198 g/mol. The molecule has 86 valence electrons. The van der Waals surface area contributed by atoms with Crippen molar-refractivity contribution in [3.05, 3.63) is 12.7 Å². The predicted octanol–water partition coefficient (Wildman–Crippen LogP) is 1.40. The first-order valence-electron chi connectivity index (χ1n) is 4.79. The number of carbonyl (C=O) groups excluding carboxylic acids is 1. The van der Waals surface area contributed by atoms with Crippen LogP contribution in [0.3, 0.4) is 0 Å². The van der Waals surface area contributed by atoms with E-state index in [1.807, 2.05) is 6.92 Å². The molecule has 0 heterocycles. The normalized spacial score (nSPS) is 13.7. The van der Waals surface area contributed by atoms with Gasteiger partial charge in [-0.3, -0.25) is 0 Å². The Labute approximate surface area is 89.1 Å². The first kappa shape index (κ1) is 13.5. The molecule has 2 atom stereocenters. The molecule has 5 heteroatoms. The third kappa shape index (κ3) is 5.05. The van der Waals surface area contributed by atoms with Crippen LogP contribution in [-0.4, -0.2) is 29.8 Å². The zero-order valence-corrected chi connectivity index (χ0v) is 9.03. The van der Waals surface area contributed by atoms with Crippen molar-refractivity contribution < 1.29 is 19.4 Å². The van der Waals surface area contributed by atoms with Gasteiger partial charge in [-0.05, 0) is 5.92 Å². The Bertz CT molecular complexity index is 240. The maximum absolute atomic E-state index is 11.1. The molecule has 0 saturated carbocycles. The number of carbonyl (C=O) groups is 2. The lowest BCUT2D eigenvalue weighted by Crippen LogP contribution is -2.45. The molecule has 0 aliphatic heterocycles. The van der Waals surface area contributed by atoms with E-state index >= 15 is 0 Å². The van der Waals surface area contributed by atoms with Gasteiger partial charge in [-0.1, -0.05) is 32.9 Å². The smallest absolute Gasteiger partial charge is 0.408 e. The fraction of sp³-hybridized carbons (Fsp3) is 0.600. The molecule has 1 unspecified atom stereocenters. The molecule has 15 heavy (non-hydrogen) atoms. The number of hydrogen-bond acceptors (Lipinski definition) is 3. The standard InChI is InChI=1S/C10H17NO4/c1-4-6-15-10(14)11-8(9(12)13)7(3)5-2/h4,7-8H,1,5-6H2,2-3H3,(H,11,14)(H,12,13)/t7?,8-/m0/s1. The summed E-state index contributed by atoms with van der Waals surface area (Å²) in [6, 6.07) is -0.910. The fourth-order valence-electron chi connectivity index (χ4n) is 0.986. The number of rotatable bonds is 6. The minimum atomic E-state index is -1.06. The zero-order chi connectivity index (χ0) is 11.8. The summed E-state index contributed by atoms with van der Waals surface area (Å²) in [4.78, 5) is 21.9. The van der Waals surface area contributed by atoms with Gasteiger partial charge < -0.3 is 15.2 Å². The average Bonchev–Trinajstić information content (AvgIpc) is 2.21. The second kappa shape index (κ2) is 6.86. The van der Waals surface area contributed by atoms with E-state index < -0.39 is 18.1 Å². The number of nitrogens with one attached hydrogen (secondary N) is 1. The third-order valence-electron chi connectivity index (χ3n) is 2.08. The molecule has 5 nitrogen and oxygen atoms in total. The quantitative estimate of drug-likeness (QED) is 0.656. The molecule has 0 fully saturated rings. The number of alkyl carbamates (subject to hydrolysis) is 1. The van der Waals surface area contributed by atoms with Crippen LogP contribution in [-0.2, 0) is 9.53 Å². The van der Waals surface area contributed by atoms with Crippen LogP contribution in [0.1, 0.15) is 20.3 Å². The highest BCUT2D eigenvalue weighted by Crippen LogP contribution is 2.07. The van der Waals surface area contributed by atoms with E-state index in [9.17, 15) is 9.59 Å². The molecule has 0 rings (SSSR count). The Morgan fingerprint density at radius 3 is 2.60 bits per heavy atom. The number of carboxylic acids is 1. The van der Waals surface area contributed by atoms with Crippen LogP contribution in [0.4, 0.5) is 4.79 Å². The van der Waals surface area contributed by atoms with Crippen molar-refractivity contribution in [2.75, 3.05) is 6.61 Å². The van der Waals surface area contributed by atoms with Gasteiger partial charge in [-0.25, -0.2) is 9.59 Å². The molecule has 0 aromatic heterocycles. The Kier molecular flexibility index (Phi) is 6.17. The zero-order valence-electron chi connectivity index (χ0n) is 9.03. The maximum atomic E-state index is 11.1. The maximum Gasteiger partial charge on any atom is 0.408 e. The lowest BCUT2D eigenvalue weighted by atomic mass is 10.00. The molecular formula is C10H17NO4. The van der Waals surface area contributed by atoms with Crippen molar-refractivity contribution in [2.45, 2.75) is 26.3 Å². The Balaban J connectivity index is 4.22. The summed E-state index contributed by atoms with van der Waals surface area (Å²) in [5.74, 6) is -1.20. The summed E-state index contributed by atoms with van der Waals surface area (Å²) in [6.07, 6.45) is 1.35. The van der Waals surface area contributed by atoms with E-state index in [2.05, 4.69) is 16.6 Å². The number of aliphatic carboxylic acids is 1. The summed E-state index contributed by atoms with van der Waals surface area (Å²) < 4.78 is 4.64. The summed E-state index contributed by atoms with van der Waals surface area (Å²) in [6.45, 7) is 7.06. The van der Waals surface area contributed by atoms with Crippen LogP contribution < -0.4 is 5.32 Å². The van der Waals surface area contributed by atoms with Gasteiger partial charge in [0.1, 0.15) is 12.6 Å². The summed E-state index contributed by atoms with van der Waals surface area (Å²) >= 11 is 0. The van der Waals surface area contributed by atoms with Crippen molar-refractivity contribution >= 4 is 12.1 Å². The van der Waals surface area contributed by atoms with Crippen LogP contribution in [0.2, 0.25) is 0 Å². The van der Waals surface area contributed by atoms with Gasteiger partial charge in [0.25, 0.3) is 0 Å². The number of amides is 1. The van der Waals surface area contributed by atoms with Crippen LogP contribution in [0, 0.1) is 5.92 Å². The highest BCUT2D eigenvalue weighted by atomic mass is 16.5. The van der Waals surface area contributed by atoms with Crippen LogP contribution in [0.15, 0.2) is 12.7 Å². The second-order valence-corrected chi connectivity index (χ2v) is 3.23. The third-order valence-corrected chi connectivity index (χ3v) is 2.08. The minimum absolute atomic E-state index is 0.0681. The Morgan fingerprint density at radius 2 is 2.20 bits per heavy atom. The van der Waals surface area contributed by atoms with E-state index in [4.69, 9.17) is 5.11 Å². The minimum Gasteiger partial charge on any atom is -0.480 e. The lowest BCUT2D eigenvalue weighted by Gasteiger charge is -2.19. The molecule has 0 saturated heterocycles. The summed E-state index contributed by atoms with van der Waals surface area (Å²) in [5, 5.41) is 11.2. The first-order chi connectivity index (χ1) is 7.02. The Hall–Kier alpha value is -1.52. The molecule has 0 aliphatic rings. The van der Waals surface area contributed by atoms with Crippen LogP contribution in [0.25, 0.3) is 0 Å². The molecule has 0 aromatic rings. The summed E-state index contributed by atoms with van der Waals surface area (Å²) in [7, 11) is 0. The van der Waals surface area contributed by atoms with Crippen molar-refractivity contribution in [3.8, 4) is 0 Å². The van der Waals surface area contributed by atoms with E-state index in [0.717, 1.165) is 0 Å². The van der Waals surface area contributed by atoms with Gasteiger partial charge in [0.05, 0.1) is 0 Å². The SMILES string of the molecule is C=CCOC(=O)N[C@H](C(=O)O)C(C)CC. The Morgan fingerprint density at radius 1 is 1.60 bits per heavy atom. The average molecular weight is 215 g/mol. The van der Waals surface area contributed by atoms with Crippen molar-refractivity contribution in [1.82, 2.24) is 5.32 Å². The lowest BCUT2D eigenvalue weighted by molar-refractivity contribution is -0.140. The predicted molar refractivity (Wildman–Crippen MR) is 55.6 cm³/mol. The largest absolute Gasteiger partial charge is 0.480 e. The molecule has 0 aliphatic carbocycles. The molecule has 1 amide bonds. The van der Waals surface area contributed by atoms with Crippen molar-refractivity contribution in [3.63, 3.8) is 0 Å². The topological polar surface area (TPSA) is 75.6 Å². The fourth-order valence-corrected chi connectivity index (χ4v) is 0.986. The second-order valence-electron chi connectivity index (χ2n) is 3.23. The van der Waals surface area contributed by atoms with E-state index in [1.54, 1.807) is 6.92 Å². The first-order valence-corrected chi connectivity index (χ1v) is 4.79. The van der Waals surface area contributed by atoms with E-state index in [1.165, 1.54) is 6.08 Å². The van der Waals surface area contributed by atoms with Crippen LogP contribution in [0.5, 0.6) is 0 Å². The highest BCUT2D eigenvalue weighted by molar-refractivity contribution is 5.80. The number of hydrogen-bond donors (Lipinski definition) is 2. The monoisotopic (exact) mass is 215 g/mol. The molecule has 0 spiro atoms. The van der Waals surface area contributed by atoms with Gasteiger partial charge >= 0.3 is 12.1 Å². The van der Waals surface area contributed by atoms with E-state index in [0.29, 0.717) is 6.42 Å². The van der Waals surface area contributed by atoms with Gasteiger partial charge in [-0.2, -0.15) is 0 Å². The van der Waals surface area contributed by atoms with Crippen molar-refractivity contribution in [1.29, 1.82) is 0 Å². The molecule has 0 bridgehead atoms. The summed E-state index contributed by atoms with van der Waals surface area (Å²) in [5.41, 5.74) is 0. The molecule has 0 aromatic carbocycles. The van der Waals surface area contributed by atoms with Gasteiger partial charge in [0.2, 0.25) is 0 Å². The van der Waals surface area contributed by atoms with E-state index in [-0.39, 0.29) is 12.5 Å². The number of ether oxygens (including phenoxy) is 1. The molecule has 2 N–H and O–H groups in total. The van der Waals surface area contributed by atoms with Crippen molar-refractivity contribution in [2.24, 2.45) is 5.92 Å². The van der Waals surface area contributed by atoms with Crippen LogP contribution >= 0.6 is 0 Å². The number of carboxylic acid groups (broad SMARTS) is 1. The van der Waals surface area contributed by atoms with Gasteiger partial charge in [0.15, 0.2) is 0 Å². The van der Waals surface area contributed by atoms with Gasteiger partial charge in [-0.15, -0.1) is 0 Å². The highest BCUT2D eigenvalue weighted by Gasteiger charge is 2.25. The molecule has 0 radical (unpaired) electrons.